The minimum Gasteiger partial charge on any atom is -0.147 e. The molecule has 0 saturated carbocycles. The summed E-state index contributed by atoms with van der Waals surface area (Å²) >= 11 is 0. The molecular formula is C2H9Cl2OP2+. The number of hydrogen-bond acceptors (Lipinski definition) is 1. The molecule has 0 radical (unpaired) electrons. The summed E-state index contributed by atoms with van der Waals surface area (Å²) in [5.41, 5.74) is 0. The van der Waals surface area contributed by atoms with E-state index in [1.54, 1.807) is 6.66 Å². The molecule has 1 nitrogen and oxygen atoms in total. The molecular weight excluding hydrogens is 173 g/mol. The maximum Gasteiger partial charge on any atom is 0.339 e. The van der Waals surface area contributed by atoms with E-state index in [0.717, 1.165) is 5.90 Å². The highest BCUT2D eigenvalue weighted by atomic mass is 35.5. The van der Waals surface area contributed by atoms with Crippen molar-refractivity contribution >= 4 is 41.9 Å². The predicted molar refractivity (Wildman–Crippen MR) is 42.6 cm³/mol. The van der Waals surface area contributed by atoms with Crippen LogP contribution < -0.4 is 0 Å². The second-order valence-electron chi connectivity index (χ2n) is 0.810. The molecule has 0 aromatic heterocycles. The molecule has 0 N–H and O–H groups in total. The Bertz CT molecular complexity index is 49.0. The molecule has 0 aliphatic carbocycles. The van der Waals surface area contributed by atoms with E-state index in [1.165, 1.54) is 0 Å². The Balaban J connectivity index is -0.0000000800. The van der Waals surface area contributed by atoms with E-state index >= 15 is 0 Å². The zero-order valence-corrected chi connectivity index (χ0v) is 7.64. The topological polar surface area (TPSA) is 17.1 Å². The fourth-order valence-electron chi connectivity index (χ4n) is 0. The molecule has 0 amide bonds. The molecule has 0 aromatic carbocycles. The molecule has 2 unspecified atom stereocenters. The third-order valence-electron chi connectivity index (χ3n) is 0.257. The number of hydrogen-bond donors (Lipinski definition) is 0. The average molecular weight is 182 g/mol. The lowest BCUT2D eigenvalue weighted by Gasteiger charge is -1.56. The lowest BCUT2D eigenvalue weighted by atomic mass is 11.9. The largest absolute Gasteiger partial charge is 0.339 e. The fourth-order valence-corrected chi connectivity index (χ4v) is 0. The first-order chi connectivity index (χ1) is 2.27. The fraction of sp³-hybridized carbons (Fsp3) is 1.00. The van der Waals surface area contributed by atoms with Crippen LogP contribution in [0.5, 0.6) is 0 Å². The SMILES string of the molecule is C[P+](=O)CP.Cl.Cl. The van der Waals surface area contributed by atoms with E-state index in [9.17, 15) is 4.57 Å². The van der Waals surface area contributed by atoms with Crippen molar-refractivity contribution in [3.05, 3.63) is 0 Å². The van der Waals surface area contributed by atoms with Gasteiger partial charge in [-0.05, 0) is 0 Å². The third-order valence-corrected chi connectivity index (χ3v) is 2.31. The molecule has 0 aliphatic rings. The summed E-state index contributed by atoms with van der Waals surface area (Å²) in [6.07, 6.45) is 0. The van der Waals surface area contributed by atoms with Gasteiger partial charge in [-0.1, -0.05) is 13.8 Å². The summed E-state index contributed by atoms with van der Waals surface area (Å²) in [7, 11) is 1.53. The van der Waals surface area contributed by atoms with Crippen LogP contribution in [0.3, 0.4) is 0 Å². The van der Waals surface area contributed by atoms with Crippen LogP contribution in [0, 0.1) is 0 Å². The molecule has 0 aliphatic heterocycles. The zero-order valence-electron chi connectivity index (χ0n) is 3.96. The van der Waals surface area contributed by atoms with Crippen molar-refractivity contribution in [1.82, 2.24) is 0 Å². The highest BCUT2D eigenvalue weighted by molar-refractivity contribution is 7.52. The Labute approximate surface area is 59.4 Å². The molecule has 0 spiro atoms. The molecule has 0 rings (SSSR count). The monoisotopic (exact) mass is 181 g/mol. The minimum atomic E-state index is -0.885. The van der Waals surface area contributed by atoms with Gasteiger partial charge in [0, 0.05) is 0 Å². The van der Waals surface area contributed by atoms with Crippen molar-refractivity contribution in [1.29, 1.82) is 0 Å². The summed E-state index contributed by atoms with van der Waals surface area (Å²) in [5, 5.41) is 0. The molecule has 0 bridgehead atoms. The van der Waals surface area contributed by atoms with E-state index < -0.39 is 7.80 Å². The summed E-state index contributed by atoms with van der Waals surface area (Å²) in [5.74, 6) is 0.731. The van der Waals surface area contributed by atoms with Gasteiger partial charge in [-0.15, -0.1) is 24.8 Å². The van der Waals surface area contributed by atoms with Crippen LogP contribution in [0.4, 0.5) is 0 Å². The van der Waals surface area contributed by atoms with E-state index in [-0.39, 0.29) is 24.8 Å². The first-order valence-electron chi connectivity index (χ1n) is 1.35. The summed E-state index contributed by atoms with van der Waals surface area (Å²) < 4.78 is 9.94. The van der Waals surface area contributed by atoms with Crippen LogP contribution >= 0.6 is 41.9 Å². The highest BCUT2D eigenvalue weighted by Gasteiger charge is 1.93. The maximum atomic E-state index is 9.94. The molecule has 46 valence electrons. The van der Waals surface area contributed by atoms with Crippen LogP contribution in [-0.4, -0.2) is 12.6 Å². The highest BCUT2D eigenvalue weighted by Crippen LogP contribution is 2.15. The second-order valence-corrected chi connectivity index (χ2v) is 3.53. The van der Waals surface area contributed by atoms with Gasteiger partial charge in [0.1, 0.15) is 6.66 Å². The van der Waals surface area contributed by atoms with Gasteiger partial charge in [0.05, 0.1) is 0 Å². The average Bonchev–Trinajstić information content (AvgIpc) is 1.38. The van der Waals surface area contributed by atoms with Crippen LogP contribution in [0.15, 0.2) is 0 Å². The van der Waals surface area contributed by atoms with Crippen molar-refractivity contribution in [2.24, 2.45) is 0 Å². The van der Waals surface area contributed by atoms with E-state index in [0.29, 0.717) is 0 Å². The second kappa shape index (κ2) is 10.2. The van der Waals surface area contributed by atoms with Gasteiger partial charge >= 0.3 is 7.80 Å². The molecule has 0 saturated heterocycles. The summed E-state index contributed by atoms with van der Waals surface area (Å²) in [4.78, 5) is 0. The standard InChI is InChI=1S/C2H7OP2.2ClH/c1-5(3)2-4;;/h2,4H2,1H3;2*1H/q+1;;. The van der Waals surface area contributed by atoms with E-state index in [1.807, 2.05) is 0 Å². The molecule has 7 heavy (non-hydrogen) atoms. The van der Waals surface area contributed by atoms with Crippen LogP contribution in [0.2, 0.25) is 0 Å². The van der Waals surface area contributed by atoms with Crippen LogP contribution in [0.25, 0.3) is 0 Å². The lowest BCUT2D eigenvalue weighted by Crippen LogP contribution is -1.48. The van der Waals surface area contributed by atoms with Crippen molar-refractivity contribution in [2.75, 3.05) is 12.6 Å². The van der Waals surface area contributed by atoms with E-state index in [2.05, 4.69) is 9.24 Å². The molecule has 0 aromatic rings. The van der Waals surface area contributed by atoms with Crippen molar-refractivity contribution in [3.8, 4) is 0 Å². The lowest BCUT2D eigenvalue weighted by molar-refractivity contribution is 0.594. The predicted octanol–water partition coefficient (Wildman–Crippen LogP) is 2.12. The first kappa shape index (κ1) is 15.7. The third kappa shape index (κ3) is 19.2. The molecule has 5 heteroatoms. The van der Waals surface area contributed by atoms with Crippen molar-refractivity contribution in [2.45, 2.75) is 0 Å². The Morgan fingerprint density at radius 2 is 1.71 bits per heavy atom. The Morgan fingerprint density at radius 1 is 1.57 bits per heavy atom. The van der Waals surface area contributed by atoms with Gasteiger partial charge in [0.15, 0.2) is 5.90 Å². The van der Waals surface area contributed by atoms with Gasteiger partial charge in [-0.3, -0.25) is 0 Å². The number of rotatable bonds is 1. The van der Waals surface area contributed by atoms with Crippen LogP contribution in [-0.2, 0) is 4.57 Å². The van der Waals surface area contributed by atoms with Gasteiger partial charge in [-0.25, -0.2) is 0 Å². The van der Waals surface area contributed by atoms with Crippen molar-refractivity contribution < 1.29 is 4.57 Å². The molecule has 2 atom stereocenters. The molecule has 0 fully saturated rings. The van der Waals surface area contributed by atoms with Gasteiger partial charge in [0.2, 0.25) is 0 Å². The van der Waals surface area contributed by atoms with Gasteiger partial charge in [0.25, 0.3) is 0 Å². The normalized spacial score (nSPS) is 8.00. The smallest absolute Gasteiger partial charge is 0.147 e. The quantitative estimate of drug-likeness (QED) is 0.567. The Hall–Kier alpha value is 1.11. The Morgan fingerprint density at radius 3 is 1.71 bits per heavy atom. The van der Waals surface area contributed by atoms with Crippen molar-refractivity contribution in [3.63, 3.8) is 0 Å². The minimum absolute atomic E-state index is 0. The summed E-state index contributed by atoms with van der Waals surface area (Å²) in [6.45, 7) is 1.71. The zero-order chi connectivity index (χ0) is 4.28. The maximum absolute atomic E-state index is 9.94. The van der Waals surface area contributed by atoms with Crippen LogP contribution in [0.1, 0.15) is 0 Å². The Kier molecular flexibility index (Phi) is 22.8. The molecule has 0 heterocycles. The van der Waals surface area contributed by atoms with Gasteiger partial charge in [-0.2, -0.15) is 0 Å². The summed E-state index contributed by atoms with van der Waals surface area (Å²) in [6, 6.07) is 0. The van der Waals surface area contributed by atoms with E-state index in [4.69, 9.17) is 0 Å². The number of halogens is 2. The van der Waals surface area contributed by atoms with Gasteiger partial charge < -0.3 is 0 Å². The first-order valence-corrected chi connectivity index (χ1v) is 4.06.